The average Bonchev–Trinajstić information content (AvgIpc) is 3.16. The van der Waals surface area contributed by atoms with E-state index in [9.17, 15) is 10.4 Å². The highest BCUT2D eigenvalue weighted by atomic mass is 16.5. The molecule has 0 fully saturated rings. The molecular weight excluding hydrogens is 364 g/mol. The van der Waals surface area contributed by atoms with Crippen molar-refractivity contribution in [2.45, 2.75) is 19.1 Å². The molecule has 0 atom stereocenters. The summed E-state index contributed by atoms with van der Waals surface area (Å²) >= 11 is 0. The van der Waals surface area contributed by atoms with Crippen LogP contribution in [0.25, 0.3) is 11.2 Å². The van der Waals surface area contributed by atoms with Crippen LogP contribution in [0, 0.1) is 11.3 Å². The number of methoxy groups -OCH3 is 1. The van der Waals surface area contributed by atoms with Crippen molar-refractivity contribution in [3.8, 4) is 11.9 Å². The predicted molar refractivity (Wildman–Crippen MR) is 109 cm³/mol. The first kappa shape index (κ1) is 18.7. The Morgan fingerprint density at radius 1 is 1.03 bits per heavy atom. The third kappa shape index (κ3) is 2.93. The number of imidazole rings is 1. The molecule has 0 aliphatic heterocycles. The minimum atomic E-state index is -1.49. The van der Waals surface area contributed by atoms with E-state index in [0.29, 0.717) is 40.2 Å². The number of pyridine rings is 1. The van der Waals surface area contributed by atoms with Gasteiger partial charge in [-0.15, -0.1) is 0 Å². The first-order valence-electron chi connectivity index (χ1n) is 9.32. The molecule has 4 aromatic rings. The lowest BCUT2D eigenvalue weighted by atomic mass is 9.85. The summed E-state index contributed by atoms with van der Waals surface area (Å²) in [7, 11) is 1.47. The van der Waals surface area contributed by atoms with E-state index in [2.05, 4.69) is 11.1 Å². The van der Waals surface area contributed by atoms with Crippen LogP contribution >= 0.6 is 0 Å². The zero-order valence-electron chi connectivity index (χ0n) is 16.2. The Bertz CT molecular complexity index is 1160. The quantitative estimate of drug-likeness (QED) is 0.568. The number of nitrogens with zero attached hydrogens (tertiary/aromatic N) is 4. The molecule has 2 aromatic carbocycles. The van der Waals surface area contributed by atoms with Crippen molar-refractivity contribution in [1.29, 1.82) is 5.26 Å². The summed E-state index contributed by atoms with van der Waals surface area (Å²) in [5.41, 5.74) is 1.32. The second-order valence-corrected chi connectivity index (χ2v) is 6.62. The van der Waals surface area contributed by atoms with Gasteiger partial charge in [-0.3, -0.25) is 0 Å². The molecular formula is C23H20N4O2. The normalized spacial score (nSPS) is 11.4. The van der Waals surface area contributed by atoms with Gasteiger partial charge < -0.3 is 14.4 Å². The minimum Gasteiger partial charge on any atom is -0.480 e. The molecule has 2 aromatic heterocycles. The molecule has 6 heteroatoms. The maximum Gasteiger partial charge on any atom is 0.233 e. The largest absolute Gasteiger partial charge is 0.480 e. The average molecular weight is 384 g/mol. The first-order chi connectivity index (χ1) is 14.1. The summed E-state index contributed by atoms with van der Waals surface area (Å²) in [4.78, 5) is 9.11. The number of aliphatic hydroxyl groups is 1. The van der Waals surface area contributed by atoms with Crippen molar-refractivity contribution in [3.63, 3.8) is 0 Å². The smallest absolute Gasteiger partial charge is 0.233 e. The summed E-state index contributed by atoms with van der Waals surface area (Å²) in [5.74, 6) is 0.660. The molecule has 0 radical (unpaired) electrons. The van der Waals surface area contributed by atoms with Gasteiger partial charge in [0.15, 0.2) is 17.1 Å². The molecule has 0 aliphatic carbocycles. The van der Waals surface area contributed by atoms with Crippen LogP contribution in [-0.2, 0) is 12.1 Å². The highest BCUT2D eigenvalue weighted by Crippen LogP contribution is 2.38. The van der Waals surface area contributed by atoms with Gasteiger partial charge >= 0.3 is 0 Å². The van der Waals surface area contributed by atoms with Crippen LogP contribution in [-0.4, -0.2) is 26.8 Å². The SMILES string of the molecule is CCn1c(C(O)(c2ccccc2)c2ccccc2)nc2nc(OC)c(C#N)cc21. The third-order valence-corrected chi connectivity index (χ3v) is 5.04. The second kappa shape index (κ2) is 7.38. The molecule has 0 saturated heterocycles. The Morgan fingerprint density at radius 2 is 1.62 bits per heavy atom. The van der Waals surface area contributed by atoms with Gasteiger partial charge in [-0.2, -0.15) is 10.2 Å². The van der Waals surface area contributed by atoms with Gasteiger partial charge in [-0.05, 0) is 24.1 Å². The third-order valence-electron chi connectivity index (χ3n) is 5.04. The van der Waals surface area contributed by atoms with Crippen molar-refractivity contribution >= 4 is 11.2 Å². The van der Waals surface area contributed by atoms with Crippen molar-refractivity contribution < 1.29 is 9.84 Å². The van der Waals surface area contributed by atoms with Crippen LogP contribution in [0.15, 0.2) is 66.7 Å². The van der Waals surface area contributed by atoms with Crippen LogP contribution in [0.1, 0.15) is 29.4 Å². The van der Waals surface area contributed by atoms with Crippen LogP contribution in [0.2, 0.25) is 0 Å². The van der Waals surface area contributed by atoms with E-state index in [1.165, 1.54) is 7.11 Å². The molecule has 0 aliphatic rings. The van der Waals surface area contributed by atoms with Gasteiger partial charge in [-0.1, -0.05) is 60.7 Å². The topological polar surface area (TPSA) is 84.0 Å². The van der Waals surface area contributed by atoms with Crippen LogP contribution in [0.4, 0.5) is 0 Å². The number of benzene rings is 2. The van der Waals surface area contributed by atoms with Crippen LogP contribution in [0.3, 0.4) is 0 Å². The van der Waals surface area contributed by atoms with Crippen molar-refractivity contribution in [1.82, 2.24) is 14.5 Å². The fourth-order valence-corrected chi connectivity index (χ4v) is 3.65. The van der Waals surface area contributed by atoms with E-state index in [4.69, 9.17) is 9.72 Å². The highest BCUT2D eigenvalue weighted by Gasteiger charge is 2.39. The summed E-state index contributed by atoms with van der Waals surface area (Å²) in [5, 5.41) is 21.5. The van der Waals surface area contributed by atoms with Gasteiger partial charge in [0, 0.05) is 6.54 Å². The fourth-order valence-electron chi connectivity index (χ4n) is 3.65. The number of nitriles is 1. The summed E-state index contributed by atoms with van der Waals surface area (Å²) < 4.78 is 7.13. The van der Waals surface area contributed by atoms with Gasteiger partial charge in [0.1, 0.15) is 11.6 Å². The number of ether oxygens (including phenoxy) is 1. The zero-order chi connectivity index (χ0) is 20.4. The van der Waals surface area contributed by atoms with Gasteiger partial charge in [-0.25, -0.2) is 4.98 Å². The molecule has 4 rings (SSSR count). The molecule has 29 heavy (non-hydrogen) atoms. The van der Waals surface area contributed by atoms with E-state index in [0.717, 1.165) is 0 Å². The lowest BCUT2D eigenvalue weighted by Gasteiger charge is -2.29. The van der Waals surface area contributed by atoms with E-state index in [1.54, 1.807) is 6.07 Å². The fraction of sp³-hybridized carbons (Fsp3) is 0.174. The maximum atomic E-state index is 12.1. The van der Waals surface area contributed by atoms with Gasteiger partial charge in [0.25, 0.3) is 0 Å². The summed E-state index contributed by atoms with van der Waals surface area (Å²) in [6.07, 6.45) is 0. The molecule has 6 nitrogen and oxygen atoms in total. The van der Waals surface area contributed by atoms with Crippen LogP contribution < -0.4 is 4.74 Å². The monoisotopic (exact) mass is 384 g/mol. The molecule has 0 bridgehead atoms. The molecule has 0 unspecified atom stereocenters. The Kier molecular flexibility index (Phi) is 4.75. The predicted octanol–water partition coefficient (Wildman–Crippen LogP) is 3.62. The van der Waals surface area contributed by atoms with Gasteiger partial charge in [0.2, 0.25) is 5.88 Å². The Balaban J connectivity index is 2.07. The summed E-state index contributed by atoms with van der Waals surface area (Å²) in [6, 6.07) is 22.7. The number of aryl methyl sites for hydroxylation is 1. The maximum absolute atomic E-state index is 12.1. The zero-order valence-corrected chi connectivity index (χ0v) is 16.2. The Morgan fingerprint density at radius 3 is 2.10 bits per heavy atom. The Hall–Kier alpha value is -3.69. The first-order valence-corrected chi connectivity index (χ1v) is 9.32. The lowest BCUT2D eigenvalue weighted by Crippen LogP contribution is -2.32. The molecule has 1 N–H and O–H groups in total. The highest BCUT2D eigenvalue weighted by molar-refractivity contribution is 5.76. The molecule has 2 heterocycles. The standard InChI is InChI=1S/C23H20N4O2/c1-3-27-19-14-16(15-24)21(29-2)25-20(19)26-22(27)23(28,17-10-6-4-7-11-17)18-12-8-5-9-13-18/h4-14,28H,3H2,1-2H3. The van der Waals surface area contributed by atoms with Crippen molar-refractivity contribution in [2.24, 2.45) is 0 Å². The van der Waals surface area contributed by atoms with E-state index in [-0.39, 0.29) is 5.88 Å². The molecule has 144 valence electrons. The molecule has 0 saturated carbocycles. The van der Waals surface area contributed by atoms with E-state index >= 15 is 0 Å². The van der Waals surface area contributed by atoms with Gasteiger partial charge in [0.05, 0.1) is 12.6 Å². The summed E-state index contributed by atoms with van der Waals surface area (Å²) in [6.45, 7) is 2.52. The molecule has 0 amide bonds. The number of hydrogen-bond donors (Lipinski definition) is 1. The van der Waals surface area contributed by atoms with E-state index < -0.39 is 5.60 Å². The van der Waals surface area contributed by atoms with Crippen molar-refractivity contribution in [3.05, 3.63) is 89.2 Å². The number of aromatic nitrogens is 3. The number of rotatable bonds is 5. The number of fused-ring (bicyclic) bond motifs is 1. The minimum absolute atomic E-state index is 0.218. The Labute approximate surface area is 168 Å². The number of hydrogen-bond acceptors (Lipinski definition) is 5. The van der Waals surface area contributed by atoms with Crippen molar-refractivity contribution in [2.75, 3.05) is 7.11 Å². The lowest BCUT2D eigenvalue weighted by molar-refractivity contribution is 0.112. The molecule has 0 spiro atoms. The van der Waals surface area contributed by atoms with Crippen LogP contribution in [0.5, 0.6) is 5.88 Å². The van der Waals surface area contributed by atoms with E-state index in [1.807, 2.05) is 72.2 Å². The second-order valence-electron chi connectivity index (χ2n) is 6.62.